The standard InChI is InChI=1S/C33H39F6N5O5S/c1-31(2,3)49-30(48)40-18-19-50-43-28(46)22(15-17-33(37,38)39)21(14-16-32(34,35)36)27(45)42-26-29(47)44(4)24-13-9-8-12-23(24)25(41-26)20-10-6-5-7-11-20/h5-13,21-22,26H,14-19H2,1-4H3,(H,40,48)(H,42,45)(H,43,46)/t21-,22+,26-/m1/s1. The van der Waals surface area contributed by atoms with E-state index in [0.717, 1.165) is 0 Å². The lowest BCUT2D eigenvalue weighted by Crippen LogP contribution is -2.50. The molecule has 50 heavy (non-hydrogen) atoms. The van der Waals surface area contributed by atoms with Crippen molar-refractivity contribution in [3.63, 3.8) is 0 Å². The van der Waals surface area contributed by atoms with Crippen LogP contribution in [0.2, 0.25) is 0 Å². The molecule has 1 heterocycles. The van der Waals surface area contributed by atoms with Crippen LogP contribution in [0.1, 0.15) is 57.6 Å². The number of ether oxygens (including phenoxy) is 1. The summed E-state index contributed by atoms with van der Waals surface area (Å²) in [7, 11) is 1.42. The van der Waals surface area contributed by atoms with Crippen LogP contribution in [0.5, 0.6) is 0 Å². The molecule has 0 bridgehead atoms. The molecule has 2 aromatic rings. The number of carbonyl (C=O) groups is 4. The van der Waals surface area contributed by atoms with Crippen LogP contribution in [0.3, 0.4) is 0 Å². The highest BCUT2D eigenvalue weighted by Gasteiger charge is 2.42. The third-order valence-electron chi connectivity index (χ3n) is 7.35. The number of nitrogens with zero attached hydrogens (tertiary/aromatic N) is 2. The summed E-state index contributed by atoms with van der Waals surface area (Å²) in [6.07, 6.45) is -17.3. The SMILES string of the molecule is CN1C(=O)[C@@H](NC(=O)[C@H](CCC(F)(F)F)[C@H](CCC(F)(F)F)C(=O)NSCCNC(=O)OC(C)(C)C)N=C(c2ccccc2)c2ccccc21. The minimum Gasteiger partial charge on any atom is -0.444 e. The van der Waals surface area contributed by atoms with E-state index in [9.17, 15) is 45.5 Å². The summed E-state index contributed by atoms with van der Waals surface area (Å²) in [5, 5.41) is 4.76. The van der Waals surface area contributed by atoms with Gasteiger partial charge in [-0.3, -0.25) is 19.1 Å². The molecule has 0 unspecified atom stereocenters. The van der Waals surface area contributed by atoms with Gasteiger partial charge in [0.1, 0.15) is 5.60 Å². The van der Waals surface area contributed by atoms with Crippen molar-refractivity contribution < 1.29 is 50.3 Å². The van der Waals surface area contributed by atoms with Crippen LogP contribution in [-0.4, -0.2) is 73.0 Å². The van der Waals surface area contributed by atoms with Crippen molar-refractivity contribution in [2.75, 3.05) is 24.2 Å². The zero-order valence-electron chi connectivity index (χ0n) is 27.8. The highest BCUT2D eigenvalue weighted by Crippen LogP contribution is 2.34. The molecule has 274 valence electrons. The number of alkyl carbamates (subject to hydrolysis) is 1. The number of hydrogen-bond donors (Lipinski definition) is 3. The molecule has 17 heteroatoms. The summed E-state index contributed by atoms with van der Waals surface area (Å²) in [5.74, 6) is -6.93. The maximum Gasteiger partial charge on any atom is 0.407 e. The first kappa shape index (κ1) is 40.2. The third-order valence-corrected chi connectivity index (χ3v) is 8.11. The largest absolute Gasteiger partial charge is 0.444 e. The number of anilines is 1. The smallest absolute Gasteiger partial charge is 0.407 e. The second-order valence-electron chi connectivity index (χ2n) is 12.4. The Morgan fingerprint density at radius 2 is 1.44 bits per heavy atom. The molecule has 0 fully saturated rings. The number of para-hydroxylation sites is 1. The molecule has 1 aliphatic rings. The minimum absolute atomic E-state index is 0.0107. The molecule has 1 aliphatic heterocycles. The molecule has 0 radical (unpaired) electrons. The summed E-state index contributed by atoms with van der Waals surface area (Å²) in [6, 6.07) is 15.3. The van der Waals surface area contributed by atoms with Crippen molar-refractivity contribution in [3.05, 3.63) is 65.7 Å². The summed E-state index contributed by atoms with van der Waals surface area (Å²) in [4.78, 5) is 58.2. The molecule has 4 amide bonds. The molecule has 10 nitrogen and oxygen atoms in total. The summed E-state index contributed by atoms with van der Waals surface area (Å²) < 4.78 is 87.8. The van der Waals surface area contributed by atoms with E-state index >= 15 is 0 Å². The van der Waals surface area contributed by atoms with Crippen LogP contribution < -0.4 is 20.3 Å². The van der Waals surface area contributed by atoms with Gasteiger partial charge in [-0.15, -0.1) is 0 Å². The van der Waals surface area contributed by atoms with Gasteiger partial charge in [-0.25, -0.2) is 9.79 Å². The predicted molar refractivity (Wildman–Crippen MR) is 176 cm³/mol. The highest BCUT2D eigenvalue weighted by atomic mass is 32.2. The van der Waals surface area contributed by atoms with Crippen molar-refractivity contribution in [2.24, 2.45) is 16.8 Å². The number of benzene rings is 2. The summed E-state index contributed by atoms with van der Waals surface area (Å²) in [6.45, 7) is 4.90. The van der Waals surface area contributed by atoms with Gasteiger partial charge in [0, 0.05) is 49.2 Å². The molecule has 3 rings (SSSR count). The Bertz CT molecular complexity index is 1530. The molecule has 2 aromatic carbocycles. The lowest BCUT2D eigenvalue weighted by atomic mass is 9.83. The Labute approximate surface area is 289 Å². The Balaban J connectivity index is 1.90. The fourth-order valence-corrected chi connectivity index (χ4v) is 5.67. The number of halogens is 6. The van der Waals surface area contributed by atoms with Crippen LogP contribution in [0.25, 0.3) is 0 Å². The first-order chi connectivity index (χ1) is 23.3. The van der Waals surface area contributed by atoms with Gasteiger partial charge in [0.05, 0.1) is 17.3 Å². The Morgan fingerprint density at radius 3 is 2.02 bits per heavy atom. The van der Waals surface area contributed by atoms with E-state index < -0.39 is 85.5 Å². The number of benzodiazepines with no additional fused rings is 1. The fourth-order valence-electron chi connectivity index (χ4n) is 5.07. The van der Waals surface area contributed by atoms with E-state index in [2.05, 4.69) is 20.3 Å². The predicted octanol–water partition coefficient (Wildman–Crippen LogP) is 6.15. The van der Waals surface area contributed by atoms with E-state index in [1.807, 2.05) is 0 Å². The maximum absolute atomic E-state index is 13.8. The van der Waals surface area contributed by atoms with E-state index in [1.54, 1.807) is 75.4 Å². The number of fused-ring (bicyclic) bond motifs is 1. The quantitative estimate of drug-likeness (QED) is 0.129. The van der Waals surface area contributed by atoms with Gasteiger partial charge >= 0.3 is 18.4 Å². The topological polar surface area (TPSA) is 129 Å². The van der Waals surface area contributed by atoms with Gasteiger partial charge in [0.15, 0.2) is 0 Å². The Kier molecular flexibility index (Phi) is 13.7. The van der Waals surface area contributed by atoms with Gasteiger partial charge in [0.25, 0.3) is 5.91 Å². The monoisotopic (exact) mass is 731 g/mol. The Morgan fingerprint density at radius 1 is 0.880 bits per heavy atom. The molecule has 0 saturated heterocycles. The average molecular weight is 732 g/mol. The zero-order chi connectivity index (χ0) is 37.3. The van der Waals surface area contributed by atoms with Crippen molar-refractivity contribution in [1.82, 2.24) is 15.4 Å². The number of aliphatic imine (C=N–C) groups is 1. The number of carbonyl (C=O) groups excluding carboxylic acids is 4. The molecule has 3 N–H and O–H groups in total. The first-order valence-corrected chi connectivity index (χ1v) is 16.6. The number of amides is 4. The highest BCUT2D eigenvalue weighted by molar-refractivity contribution is 7.97. The Hall–Kier alpha value is -4.28. The van der Waals surface area contributed by atoms with Crippen molar-refractivity contribution in [1.29, 1.82) is 0 Å². The van der Waals surface area contributed by atoms with E-state index in [1.165, 1.54) is 11.9 Å². The lowest BCUT2D eigenvalue weighted by Gasteiger charge is -2.28. The summed E-state index contributed by atoms with van der Waals surface area (Å²) in [5.41, 5.74) is 0.986. The minimum atomic E-state index is -4.82. The molecular formula is C33H39F6N5O5S. The lowest BCUT2D eigenvalue weighted by molar-refractivity contribution is -0.152. The van der Waals surface area contributed by atoms with Gasteiger partial charge in [0.2, 0.25) is 18.0 Å². The van der Waals surface area contributed by atoms with Crippen molar-refractivity contribution >= 4 is 47.2 Å². The molecule has 0 aromatic heterocycles. The number of nitrogens with one attached hydrogen (secondary N) is 3. The van der Waals surface area contributed by atoms with Crippen LogP contribution in [0.4, 0.5) is 36.8 Å². The number of rotatable bonds is 13. The molecule has 0 spiro atoms. The normalized spacial score (nSPS) is 16.4. The van der Waals surface area contributed by atoms with Crippen molar-refractivity contribution in [2.45, 2.75) is 70.6 Å². The van der Waals surface area contributed by atoms with Gasteiger partial charge in [-0.05, 0) is 51.6 Å². The van der Waals surface area contributed by atoms with Crippen molar-refractivity contribution in [3.8, 4) is 0 Å². The molecular weight excluding hydrogens is 692 g/mol. The average Bonchev–Trinajstić information content (AvgIpc) is 3.11. The number of alkyl halides is 6. The maximum atomic E-state index is 13.8. The van der Waals surface area contributed by atoms with Crippen LogP contribution in [0.15, 0.2) is 59.6 Å². The molecule has 0 aliphatic carbocycles. The zero-order valence-corrected chi connectivity index (χ0v) is 28.6. The van der Waals surface area contributed by atoms with Crippen LogP contribution in [0, 0.1) is 11.8 Å². The molecule has 3 atom stereocenters. The van der Waals surface area contributed by atoms with E-state index in [0.29, 0.717) is 28.8 Å². The first-order valence-electron chi connectivity index (χ1n) is 15.6. The summed E-state index contributed by atoms with van der Waals surface area (Å²) >= 11 is 0.678. The molecule has 0 saturated carbocycles. The fraction of sp³-hybridized carbons (Fsp3) is 0.485. The van der Waals surface area contributed by atoms with Gasteiger partial charge in [-0.1, -0.05) is 48.5 Å². The second-order valence-corrected chi connectivity index (χ2v) is 13.3. The van der Waals surface area contributed by atoms with Crippen LogP contribution in [-0.2, 0) is 19.1 Å². The third kappa shape index (κ3) is 12.6. The van der Waals surface area contributed by atoms with Gasteiger partial charge in [-0.2, -0.15) is 26.3 Å². The van der Waals surface area contributed by atoms with Gasteiger partial charge < -0.3 is 20.3 Å². The van der Waals surface area contributed by atoms with E-state index in [-0.39, 0.29) is 18.0 Å². The number of hydrogen-bond acceptors (Lipinski definition) is 7. The second kappa shape index (κ2) is 17.1. The number of likely N-dealkylation sites (N-methyl/N-ethyl adjacent to an activating group) is 1. The van der Waals surface area contributed by atoms with E-state index in [4.69, 9.17) is 4.74 Å². The van der Waals surface area contributed by atoms with Crippen LogP contribution >= 0.6 is 11.9 Å².